The van der Waals surface area contributed by atoms with Crippen molar-refractivity contribution in [3.05, 3.63) is 34.0 Å². The average Bonchev–Trinajstić information content (AvgIpc) is 3.33. The van der Waals surface area contributed by atoms with E-state index in [0.717, 1.165) is 12.4 Å². The Hall–Kier alpha value is -3.15. The number of hydrogen-bond acceptors (Lipinski definition) is 10. The molecule has 1 fully saturated rings. The lowest BCUT2D eigenvalue weighted by molar-refractivity contribution is -0.138. The molecule has 1 aliphatic rings. The second kappa shape index (κ2) is 8.77. The van der Waals surface area contributed by atoms with E-state index in [-0.39, 0.29) is 43.9 Å². The molecule has 3 aromatic heterocycles. The molecule has 0 aliphatic carbocycles. The smallest absolute Gasteiger partial charge is 0.389 e. The van der Waals surface area contributed by atoms with Crippen LogP contribution in [0.3, 0.4) is 0 Å². The van der Waals surface area contributed by atoms with Gasteiger partial charge in [-0.3, -0.25) is 4.79 Å². The zero-order valence-electron chi connectivity index (χ0n) is 16.1. The summed E-state index contributed by atoms with van der Waals surface area (Å²) in [4.78, 5) is 30.8. The summed E-state index contributed by atoms with van der Waals surface area (Å²) in [5, 5.41) is 23.6. The van der Waals surface area contributed by atoms with Crippen LogP contribution in [0.15, 0.2) is 17.8 Å². The fraction of sp³-hybridized carbons (Fsp3) is 0.333. The van der Waals surface area contributed by atoms with Crippen LogP contribution in [0.4, 0.5) is 24.3 Å². The minimum Gasteiger partial charge on any atom is -0.389 e. The van der Waals surface area contributed by atoms with Crippen molar-refractivity contribution >= 4 is 39.7 Å². The van der Waals surface area contributed by atoms with Crippen molar-refractivity contribution in [3.8, 4) is 16.6 Å². The predicted molar refractivity (Wildman–Crippen MR) is 110 cm³/mol. The van der Waals surface area contributed by atoms with Gasteiger partial charge in [-0.05, 0) is 0 Å². The molecule has 0 aromatic carbocycles. The van der Waals surface area contributed by atoms with Gasteiger partial charge < -0.3 is 15.3 Å². The number of rotatable bonds is 6. The second-order valence-corrected chi connectivity index (χ2v) is 8.72. The van der Waals surface area contributed by atoms with Crippen molar-refractivity contribution in [2.75, 3.05) is 23.3 Å². The van der Waals surface area contributed by atoms with Gasteiger partial charge in [-0.1, -0.05) is 0 Å². The van der Waals surface area contributed by atoms with Crippen LogP contribution in [0.25, 0.3) is 10.6 Å². The summed E-state index contributed by atoms with van der Waals surface area (Å²) in [6.07, 6.45) is -2.99. The van der Waals surface area contributed by atoms with Crippen LogP contribution in [0, 0.1) is 17.2 Å². The van der Waals surface area contributed by atoms with Gasteiger partial charge in [0.05, 0.1) is 46.8 Å². The molecule has 14 heteroatoms. The Morgan fingerprint density at radius 3 is 2.66 bits per heavy atom. The maximum absolute atomic E-state index is 12.6. The van der Waals surface area contributed by atoms with Gasteiger partial charge in [-0.25, -0.2) is 19.9 Å². The van der Waals surface area contributed by atoms with Gasteiger partial charge in [0.15, 0.2) is 5.13 Å². The molecular formula is C18H14F3N7O2S2. The minimum atomic E-state index is -4.50. The van der Waals surface area contributed by atoms with Crippen molar-refractivity contribution in [2.45, 2.75) is 19.2 Å². The zero-order valence-corrected chi connectivity index (χ0v) is 17.8. The van der Waals surface area contributed by atoms with E-state index in [2.05, 4.69) is 25.3 Å². The molecule has 4 rings (SSSR count). The topological polar surface area (TPSA) is 128 Å². The van der Waals surface area contributed by atoms with E-state index in [1.807, 2.05) is 6.07 Å². The normalized spacial score (nSPS) is 14.2. The highest BCUT2D eigenvalue weighted by atomic mass is 32.1. The molecule has 0 spiro atoms. The molecule has 9 nitrogen and oxygen atoms in total. The number of nitrogens with one attached hydrogen (secondary N) is 1. The third-order valence-electron chi connectivity index (χ3n) is 4.59. The summed E-state index contributed by atoms with van der Waals surface area (Å²) in [5.74, 6) is -0.521. The molecule has 1 aliphatic heterocycles. The lowest BCUT2D eigenvalue weighted by Crippen LogP contribution is -2.52. The van der Waals surface area contributed by atoms with Crippen LogP contribution >= 0.6 is 22.7 Å². The van der Waals surface area contributed by atoms with Crippen LogP contribution in [0.5, 0.6) is 0 Å². The van der Waals surface area contributed by atoms with Gasteiger partial charge >= 0.3 is 6.18 Å². The molecule has 32 heavy (non-hydrogen) atoms. The Bertz CT molecular complexity index is 1160. The van der Waals surface area contributed by atoms with Crippen LogP contribution in [0.1, 0.15) is 16.3 Å². The maximum Gasteiger partial charge on any atom is 0.419 e. The molecule has 1 amide bonds. The van der Waals surface area contributed by atoms with E-state index in [1.54, 1.807) is 10.3 Å². The summed E-state index contributed by atoms with van der Waals surface area (Å²) in [6.45, 7) is 0.310. The zero-order chi connectivity index (χ0) is 22.9. The van der Waals surface area contributed by atoms with Crippen molar-refractivity contribution in [1.82, 2.24) is 19.9 Å². The standard InChI is InChI=1S/C18H14F3N7O2S2/c19-18(20,21)10-3-23-16(24-4-10)28-5-9(6-28)15(30)27-17-26-12(8-31-17)14-11(1-2-22)25-13(7-29)32-14/h3-4,8-9,29H,1,5-7H2,(H,26,27,30). The number of anilines is 2. The van der Waals surface area contributed by atoms with E-state index >= 15 is 0 Å². The highest BCUT2D eigenvalue weighted by Crippen LogP contribution is 2.34. The van der Waals surface area contributed by atoms with E-state index in [9.17, 15) is 23.1 Å². The van der Waals surface area contributed by atoms with E-state index in [4.69, 9.17) is 5.26 Å². The first kappa shape index (κ1) is 22.1. The summed E-state index contributed by atoms with van der Waals surface area (Å²) >= 11 is 2.45. The lowest BCUT2D eigenvalue weighted by atomic mass is 10.00. The van der Waals surface area contributed by atoms with Crippen molar-refractivity contribution in [3.63, 3.8) is 0 Å². The Labute approximate surface area is 187 Å². The minimum absolute atomic E-state index is 0.0784. The highest BCUT2D eigenvalue weighted by molar-refractivity contribution is 7.17. The number of hydrogen-bond donors (Lipinski definition) is 2. The van der Waals surface area contributed by atoms with E-state index in [1.165, 1.54) is 22.7 Å². The molecule has 0 bridgehead atoms. The fourth-order valence-electron chi connectivity index (χ4n) is 2.94. The van der Waals surface area contributed by atoms with Gasteiger partial charge in [0.25, 0.3) is 0 Å². The monoisotopic (exact) mass is 481 g/mol. The molecule has 3 aromatic rings. The maximum atomic E-state index is 12.6. The van der Waals surface area contributed by atoms with Gasteiger partial charge in [-0.15, -0.1) is 22.7 Å². The summed E-state index contributed by atoms with van der Waals surface area (Å²) in [7, 11) is 0. The Balaban J connectivity index is 1.36. The first-order valence-corrected chi connectivity index (χ1v) is 10.9. The first-order chi connectivity index (χ1) is 15.3. The predicted octanol–water partition coefficient (Wildman–Crippen LogP) is 2.71. The molecular weight excluding hydrogens is 467 g/mol. The number of halogens is 3. The quantitative estimate of drug-likeness (QED) is 0.550. The molecule has 0 atom stereocenters. The number of aliphatic hydroxyl groups is 1. The third-order valence-corrected chi connectivity index (χ3v) is 6.45. The first-order valence-electron chi connectivity index (χ1n) is 9.15. The number of amides is 1. The molecule has 2 N–H and O–H groups in total. The Morgan fingerprint density at radius 1 is 1.31 bits per heavy atom. The Kier molecular flexibility index (Phi) is 6.04. The van der Waals surface area contributed by atoms with Gasteiger partial charge in [0, 0.05) is 30.9 Å². The van der Waals surface area contributed by atoms with Crippen LogP contribution in [-0.2, 0) is 24.0 Å². The summed E-state index contributed by atoms with van der Waals surface area (Å²) in [5.41, 5.74) is 0.151. The molecule has 166 valence electrons. The van der Waals surface area contributed by atoms with Crippen LogP contribution < -0.4 is 10.2 Å². The third kappa shape index (κ3) is 4.54. The Morgan fingerprint density at radius 2 is 2.03 bits per heavy atom. The number of thiazole rings is 2. The number of alkyl halides is 3. The SMILES string of the molecule is N#CCc1nc(CO)sc1-c1csc(NC(=O)C2CN(c3ncc(C(F)(F)F)cn3)C2)n1. The van der Waals surface area contributed by atoms with Gasteiger partial charge in [0.2, 0.25) is 11.9 Å². The average molecular weight is 481 g/mol. The second-order valence-electron chi connectivity index (χ2n) is 6.77. The van der Waals surface area contributed by atoms with Gasteiger partial charge in [-0.2, -0.15) is 18.4 Å². The number of nitrogens with zero attached hydrogens (tertiary/aromatic N) is 6. The van der Waals surface area contributed by atoms with Crippen molar-refractivity contribution < 1.29 is 23.1 Å². The lowest BCUT2D eigenvalue weighted by Gasteiger charge is -2.37. The summed E-state index contributed by atoms with van der Waals surface area (Å²) in [6, 6.07) is 2.03. The largest absolute Gasteiger partial charge is 0.419 e. The molecule has 1 saturated heterocycles. The van der Waals surface area contributed by atoms with Gasteiger partial charge in [0.1, 0.15) is 5.01 Å². The van der Waals surface area contributed by atoms with Crippen molar-refractivity contribution in [2.24, 2.45) is 5.92 Å². The number of carbonyl (C=O) groups is 1. The fourth-order valence-corrected chi connectivity index (χ4v) is 4.62. The number of carbonyl (C=O) groups excluding carboxylic acids is 1. The number of aromatic nitrogens is 4. The molecule has 0 unspecified atom stereocenters. The van der Waals surface area contributed by atoms with Crippen LogP contribution in [-0.4, -0.2) is 44.0 Å². The molecule has 0 saturated carbocycles. The van der Waals surface area contributed by atoms with Crippen LogP contribution in [0.2, 0.25) is 0 Å². The number of aliphatic hydroxyl groups excluding tert-OH is 1. The highest BCUT2D eigenvalue weighted by Gasteiger charge is 2.36. The molecule has 4 heterocycles. The summed E-state index contributed by atoms with van der Waals surface area (Å²) < 4.78 is 37.8. The number of nitriles is 1. The van der Waals surface area contributed by atoms with E-state index < -0.39 is 11.7 Å². The molecule has 0 radical (unpaired) electrons. The van der Waals surface area contributed by atoms with Crippen molar-refractivity contribution in [1.29, 1.82) is 5.26 Å². The van der Waals surface area contributed by atoms with E-state index in [0.29, 0.717) is 26.4 Å².